The lowest BCUT2D eigenvalue weighted by Crippen LogP contribution is -2.32. The lowest BCUT2D eigenvalue weighted by Gasteiger charge is -2.10. The number of aromatic nitrogens is 1. The van der Waals surface area contributed by atoms with Crippen LogP contribution in [0.25, 0.3) is 32.9 Å². The van der Waals surface area contributed by atoms with Crippen molar-refractivity contribution in [2.24, 2.45) is 7.05 Å². The highest BCUT2D eigenvalue weighted by atomic mass is 16.3. The zero-order chi connectivity index (χ0) is 16.0. The van der Waals surface area contributed by atoms with Gasteiger partial charge in [0.2, 0.25) is 11.2 Å². The molecule has 3 nitrogen and oxygen atoms in total. The molecule has 0 unspecified atom stereocenters. The highest BCUT2D eigenvalue weighted by Crippen LogP contribution is 2.33. The van der Waals surface area contributed by atoms with E-state index in [1.807, 2.05) is 37.4 Å². The third-order valence-electron chi connectivity index (χ3n) is 4.29. The fraction of sp³-hybridized carbons (Fsp3) is 0.0500. The van der Waals surface area contributed by atoms with E-state index in [1.54, 1.807) is 24.3 Å². The predicted molar refractivity (Wildman–Crippen MR) is 91.4 cm³/mol. The fourth-order valence-electron chi connectivity index (χ4n) is 3.23. The Morgan fingerprint density at radius 3 is 2.17 bits per heavy atom. The van der Waals surface area contributed by atoms with Gasteiger partial charge >= 0.3 is 0 Å². The third-order valence-corrected chi connectivity index (χ3v) is 4.29. The number of phenolic OH excluding ortho intramolecular Hbond substituents is 2. The molecule has 0 spiro atoms. The Morgan fingerprint density at radius 1 is 0.696 bits per heavy atom. The van der Waals surface area contributed by atoms with Crippen LogP contribution in [0.5, 0.6) is 11.5 Å². The molecule has 1 aromatic heterocycles. The van der Waals surface area contributed by atoms with Gasteiger partial charge in [-0.05, 0) is 48.5 Å². The minimum atomic E-state index is 0.240. The van der Waals surface area contributed by atoms with Crippen LogP contribution in [0.1, 0.15) is 0 Å². The summed E-state index contributed by atoms with van der Waals surface area (Å²) in [5.41, 5.74) is 3.12. The lowest BCUT2D eigenvalue weighted by atomic mass is 9.99. The third kappa shape index (κ3) is 2.09. The monoisotopic (exact) mass is 302 g/mol. The first-order chi connectivity index (χ1) is 11.1. The normalized spacial score (nSPS) is 11.2. The largest absolute Gasteiger partial charge is 0.508 e. The highest BCUT2D eigenvalue weighted by Gasteiger charge is 2.20. The summed E-state index contributed by atoms with van der Waals surface area (Å²) in [7, 11) is 2.02. The molecule has 0 saturated carbocycles. The van der Waals surface area contributed by atoms with Gasteiger partial charge < -0.3 is 10.2 Å². The van der Waals surface area contributed by atoms with Gasteiger partial charge in [-0.25, -0.2) is 0 Å². The van der Waals surface area contributed by atoms with E-state index in [0.717, 1.165) is 32.9 Å². The second-order valence-corrected chi connectivity index (χ2v) is 5.70. The van der Waals surface area contributed by atoms with Gasteiger partial charge in [0.1, 0.15) is 18.5 Å². The molecule has 0 amide bonds. The Hall–Kier alpha value is -3.07. The molecule has 1 heterocycles. The van der Waals surface area contributed by atoms with Crippen LogP contribution in [0.2, 0.25) is 0 Å². The predicted octanol–water partition coefficient (Wildman–Crippen LogP) is 3.90. The van der Waals surface area contributed by atoms with Gasteiger partial charge in [0.25, 0.3) is 0 Å². The quantitative estimate of drug-likeness (QED) is 0.414. The minimum absolute atomic E-state index is 0.240. The summed E-state index contributed by atoms with van der Waals surface area (Å²) in [6, 6.07) is 20.8. The molecule has 2 N–H and O–H groups in total. The molecule has 0 bridgehead atoms. The SMILES string of the molecule is C[n+]1c(-c2ccc(O)cc2)c2cc(O)ccc2c2ccccc21. The van der Waals surface area contributed by atoms with Gasteiger partial charge in [0.15, 0.2) is 0 Å². The number of aryl methyl sites for hydroxylation is 1. The Bertz CT molecular complexity index is 1040. The van der Waals surface area contributed by atoms with Crippen molar-refractivity contribution in [3.8, 4) is 22.8 Å². The van der Waals surface area contributed by atoms with Gasteiger partial charge in [0, 0.05) is 17.0 Å². The average Bonchev–Trinajstić information content (AvgIpc) is 2.56. The molecule has 0 radical (unpaired) electrons. The molecule has 0 aliphatic heterocycles. The summed E-state index contributed by atoms with van der Waals surface area (Å²) >= 11 is 0. The number of pyridine rings is 1. The van der Waals surface area contributed by atoms with Crippen LogP contribution in [0.15, 0.2) is 66.7 Å². The van der Waals surface area contributed by atoms with Crippen LogP contribution < -0.4 is 4.57 Å². The van der Waals surface area contributed by atoms with Crippen LogP contribution in [-0.4, -0.2) is 10.2 Å². The summed E-state index contributed by atoms with van der Waals surface area (Å²) in [4.78, 5) is 0. The molecule has 0 fully saturated rings. The number of aromatic hydroxyl groups is 2. The number of fused-ring (bicyclic) bond motifs is 3. The van der Waals surface area contributed by atoms with Gasteiger partial charge in [-0.15, -0.1) is 0 Å². The van der Waals surface area contributed by atoms with Gasteiger partial charge in [0.05, 0.1) is 10.8 Å². The topological polar surface area (TPSA) is 44.3 Å². The summed E-state index contributed by atoms with van der Waals surface area (Å²) in [6.45, 7) is 0. The zero-order valence-electron chi connectivity index (χ0n) is 12.7. The van der Waals surface area contributed by atoms with Crippen LogP contribution in [0.3, 0.4) is 0 Å². The van der Waals surface area contributed by atoms with Crippen LogP contribution in [-0.2, 0) is 7.05 Å². The van der Waals surface area contributed by atoms with E-state index in [0.29, 0.717) is 0 Å². The standard InChI is InChI=1S/C20H15NO2/c1-21-19-5-3-2-4-17(19)16-11-10-15(23)12-18(16)20(21)13-6-8-14(22)9-7-13/h2-12,23H,1H3/p+1. The number of nitrogens with zero attached hydrogens (tertiary/aromatic N) is 1. The van der Waals surface area contributed by atoms with Gasteiger partial charge in [-0.1, -0.05) is 12.1 Å². The first-order valence-electron chi connectivity index (χ1n) is 7.48. The summed E-state index contributed by atoms with van der Waals surface area (Å²) in [6.07, 6.45) is 0. The molecule has 0 aliphatic rings. The number of para-hydroxylation sites is 1. The second kappa shape index (κ2) is 4.99. The molecule has 0 saturated heterocycles. The van der Waals surface area contributed by atoms with Gasteiger partial charge in [-0.2, -0.15) is 4.57 Å². The maximum absolute atomic E-state index is 9.96. The maximum atomic E-state index is 9.96. The van der Waals surface area contributed by atoms with Crippen molar-refractivity contribution in [3.05, 3.63) is 66.7 Å². The van der Waals surface area contributed by atoms with Crippen LogP contribution in [0.4, 0.5) is 0 Å². The van der Waals surface area contributed by atoms with Crippen LogP contribution in [0, 0.1) is 0 Å². The number of phenols is 2. The number of hydrogen-bond acceptors (Lipinski definition) is 2. The maximum Gasteiger partial charge on any atom is 0.220 e. The zero-order valence-corrected chi connectivity index (χ0v) is 12.7. The number of benzene rings is 3. The summed E-state index contributed by atoms with van der Waals surface area (Å²) < 4.78 is 2.13. The van der Waals surface area contributed by atoms with E-state index in [9.17, 15) is 10.2 Å². The Morgan fingerprint density at radius 2 is 1.39 bits per heavy atom. The second-order valence-electron chi connectivity index (χ2n) is 5.70. The summed E-state index contributed by atoms with van der Waals surface area (Å²) in [5.74, 6) is 0.483. The van der Waals surface area contributed by atoms with Crippen molar-refractivity contribution in [3.63, 3.8) is 0 Å². The Balaban J connectivity index is 2.21. The van der Waals surface area contributed by atoms with Gasteiger partial charge in [-0.3, -0.25) is 0 Å². The van der Waals surface area contributed by atoms with Crippen LogP contribution >= 0.6 is 0 Å². The molecular weight excluding hydrogens is 286 g/mol. The van der Waals surface area contributed by atoms with E-state index < -0.39 is 0 Å². The minimum Gasteiger partial charge on any atom is -0.508 e. The van der Waals surface area contributed by atoms with Crippen molar-refractivity contribution in [1.82, 2.24) is 0 Å². The first-order valence-corrected chi connectivity index (χ1v) is 7.48. The van der Waals surface area contributed by atoms with E-state index in [-0.39, 0.29) is 11.5 Å². The van der Waals surface area contributed by atoms with E-state index >= 15 is 0 Å². The molecule has 0 atom stereocenters. The Labute approximate surface area is 133 Å². The van der Waals surface area contributed by atoms with Crippen molar-refractivity contribution in [2.75, 3.05) is 0 Å². The Kier molecular flexibility index (Phi) is 2.95. The molecule has 3 heteroatoms. The summed E-state index contributed by atoms with van der Waals surface area (Å²) in [5, 5.41) is 22.7. The smallest absolute Gasteiger partial charge is 0.220 e. The molecule has 0 aliphatic carbocycles. The molecule has 4 rings (SSSR count). The average molecular weight is 302 g/mol. The molecule has 112 valence electrons. The van der Waals surface area contributed by atoms with Crippen molar-refractivity contribution < 1.29 is 14.8 Å². The molecule has 23 heavy (non-hydrogen) atoms. The van der Waals surface area contributed by atoms with E-state index in [2.05, 4.69) is 16.7 Å². The molecule has 3 aromatic carbocycles. The van der Waals surface area contributed by atoms with E-state index in [4.69, 9.17) is 0 Å². The first kappa shape index (κ1) is 13.6. The van der Waals surface area contributed by atoms with E-state index in [1.165, 1.54) is 0 Å². The highest BCUT2D eigenvalue weighted by molar-refractivity contribution is 6.09. The fourth-order valence-corrected chi connectivity index (χ4v) is 3.23. The molecule has 4 aromatic rings. The molecular formula is C20H16NO2+. The lowest BCUT2D eigenvalue weighted by molar-refractivity contribution is -0.632. The van der Waals surface area contributed by atoms with Crippen molar-refractivity contribution >= 4 is 21.7 Å². The number of hydrogen-bond donors (Lipinski definition) is 2. The number of rotatable bonds is 1. The van der Waals surface area contributed by atoms with Crippen molar-refractivity contribution in [2.45, 2.75) is 0 Å². The van der Waals surface area contributed by atoms with Crippen molar-refractivity contribution in [1.29, 1.82) is 0 Å².